The molecule has 0 saturated heterocycles. The number of ether oxygens (including phenoxy) is 1. The summed E-state index contributed by atoms with van der Waals surface area (Å²) in [6.45, 7) is 0.881. The SMILES string of the molecule is O=C(NC12CC(NCCOc3ccc(Cl)c(F)c3)(C1)C2)c1cnc(C(F)(F)F)nc1. The molecule has 1 heterocycles. The maximum Gasteiger partial charge on any atom is 0.451 e. The molecule has 3 saturated carbocycles. The van der Waals surface area contributed by atoms with E-state index in [0.29, 0.717) is 38.2 Å². The Morgan fingerprint density at radius 1 is 1.17 bits per heavy atom. The molecule has 6 nitrogen and oxygen atoms in total. The summed E-state index contributed by atoms with van der Waals surface area (Å²) in [6.07, 6.45) is -0.760. The van der Waals surface area contributed by atoms with Gasteiger partial charge in [-0.15, -0.1) is 0 Å². The van der Waals surface area contributed by atoms with Gasteiger partial charge in [0.2, 0.25) is 5.82 Å². The standard InChI is InChI=1S/C19H17ClF4N4O2/c20-13-2-1-12(5-14(13)21)30-4-3-27-17-8-18(9-17,10-17)28-15(29)11-6-25-16(26-7-11)19(22,23)24/h1-2,5-7,27H,3-4,8-10H2,(H,28,29). The van der Waals surface area contributed by atoms with Gasteiger partial charge >= 0.3 is 6.18 Å². The second kappa shape index (κ2) is 7.35. The maximum atomic E-state index is 13.4. The van der Waals surface area contributed by atoms with Crippen LogP contribution in [0.4, 0.5) is 17.6 Å². The Hall–Kier alpha value is -2.46. The molecule has 0 aliphatic heterocycles. The van der Waals surface area contributed by atoms with E-state index in [-0.39, 0.29) is 21.7 Å². The average Bonchev–Trinajstić information content (AvgIpc) is 2.63. The van der Waals surface area contributed by atoms with Gasteiger partial charge in [0.1, 0.15) is 18.2 Å². The third-order valence-electron chi connectivity index (χ3n) is 5.34. The predicted molar refractivity (Wildman–Crippen MR) is 98.7 cm³/mol. The van der Waals surface area contributed by atoms with Crippen molar-refractivity contribution < 1.29 is 27.1 Å². The Morgan fingerprint density at radius 3 is 2.43 bits per heavy atom. The number of nitrogens with one attached hydrogen (secondary N) is 2. The zero-order chi connectivity index (χ0) is 21.6. The van der Waals surface area contributed by atoms with Crippen LogP contribution < -0.4 is 15.4 Å². The van der Waals surface area contributed by atoms with Crippen LogP contribution in [0.2, 0.25) is 5.02 Å². The first-order valence-electron chi connectivity index (χ1n) is 9.15. The fourth-order valence-electron chi connectivity index (χ4n) is 4.06. The van der Waals surface area contributed by atoms with E-state index in [2.05, 4.69) is 20.6 Å². The first-order valence-corrected chi connectivity index (χ1v) is 9.52. The Kier molecular flexibility index (Phi) is 5.09. The summed E-state index contributed by atoms with van der Waals surface area (Å²) in [5.74, 6) is -1.93. The van der Waals surface area contributed by atoms with Gasteiger partial charge in [-0.05, 0) is 31.4 Å². The smallest absolute Gasteiger partial charge is 0.451 e. The lowest BCUT2D eigenvalue weighted by molar-refractivity contribution is -0.145. The van der Waals surface area contributed by atoms with Crippen molar-refractivity contribution in [2.45, 2.75) is 36.5 Å². The Balaban J connectivity index is 1.20. The van der Waals surface area contributed by atoms with Gasteiger partial charge in [0.25, 0.3) is 5.91 Å². The number of nitrogens with zero attached hydrogens (tertiary/aromatic N) is 2. The van der Waals surface area contributed by atoms with E-state index in [1.54, 1.807) is 6.07 Å². The second-order valence-corrected chi connectivity index (χ2v) is 8.10. The molecule has 11 heteroatoms. The minimum Gasteiger partial charge on any atom is -0.492 e. The van der Waals surface area contributed by atoms with Crippen molar-refractivity contribution in [1.29, 1.82) is 0 Å². The highest BCUT2D eigenvalue weighted by Gasteiger charge is 2.68. The molecule has 160 valence electrons. The van der Waals surface area contributed by atoms with Crippen molar-refractivity contribution >= 4 is 17.5 Å². The van der Waals surface area contributed by atoms with Gasteiger partial charge in [-0.2, -0.15) is 13.2 Å². The van der Waals surface area contributed by atoms with Crippen LogP contribution in [-0.2, 0) is 6.18 Å². The molecule has 1 aromatic carbocycles. The highest BCUT2D eigenvalue weighted by atomic mass is 35.5. The van der Waals surface area contributed by atoms with Crippen LogP contribution in [0, 0.1) is 5.82 Å². The topological polar surface area (TPSA) is 76.1 Å². The summed E-state index contributed by atoms with van der Waals surface area (Å²) in [4.78, 5) is 18.7. The fraction of sp³-hybridized carbons (Fsp3) is 0.421. The third kappa shape index (κ3) is 4.06. The van der Waals surface area contributed by atoms with Crippen molar-refractivity contribution in [2.75, 3.05) is 13.2 Å². The number of carbonyl (C=O) groups is 1. The molecule has 1 amide bonds. The number of benzene rings is 1. The summed E-state index contributed by atoms with van der Waals surface area (Å²) in [6, 6.07) is 4.23. The summed E-state index contributed by atoms with van der Waals surface area (Å²) in [5, 5.41) is 6.27. The maximum absolute atomic E-state index is 13.4. The number of hydrogen-bond donors (Lipinski definition) is 2. The third-order valence-corrected chi connectivity index (χ3v) is 5.64. The Labute approximate surface area is 174 Å². The highest BCUT2D eigenvalue weighted by molar-refractivity contribution is 6.30. The number of carbonyl (C=O) groups excluding carboxylic acids is 1. The highest BCUT2D eigenvalue weighted by Crippen LogP contribution is 2.60. The molecule has 3 aliphatic rings. The van der Waals surface area contributed by atoms with Gasteiger partial charge < -0.3 is 15.4 Å². The summed E-state index contributed by atoms with van der Waals surface area (Å²) >= 11 is 5.62. The molecule has 0 radical (unpaired) electrons. The summed E-state index contributed by atoms with van der Waals surface area (Å²) in [7, 11) is 0. The zero-order valence-electron chi connectivity index (χ0n) is 15.5. The lowest BCUT2D eigenvalue weighted by Crippen LogP contribution is -2.83. The molecular weight excluding hydrogens is 428 g/mol. The number of amides is 1. The van der Waals surface area contributed by atoms with Crippen LogP contribution >= 0.6 is 11.6 Å². The number of alkyl halides is 3. The largest absolute Gasteiger partial charge is 0.492 e. The minimum absolute atomic E-state index is 0.0154. The molecule has 2 bridgehead atoms. The van der Waals surface area contributed by atoms with E-state index in [1.165, 1.54) is 12.1 Å². The number of rotatable bonds is 7. The summed E-state index contributed by atoms with van der Waals surface area (Å²) in [5.41, 5.74) is -0.454. The molecule has 3 fully saturated rings. The first-order chi connectivity index (χ1) is 14.1. The van der Waals surface area contributed by atoms with Crippen LogP contribution in [0.15, 0.2) is 30.6 Å². The van der Waals surface area contributed by atoms with Crippen LogP contribution in [0.5, 0.6) is 5.75 Å². The van der Waals surface area contributed by atoms with Gasteiger partial charge in [0.15, 0.2) is 0 Å². The van der Waals surface area contributed by atoms with Crippen LogP contribution in [0.25, 0.3) is 0 Å². The Morgan fingerprint density at radius 2 is 1.83 bits per heavy atom. The molecule has 30 heavy (non-hydrogen) atoms. The second-order valence-electron chi connectivity index (χ2n) is 7.69. The van der Waals surface area contributed by atoms with Gasteiger partial charge in [0.05, 0.1) is 10.6 Å². The molecule has 0 unspecified atom stereocenters. The van der Waals surface area contributed by atoms with Gasteiger partial charge in [0, 0.05) is 36.1 Å². The van der Waals surface area contributed by atoms with Crippen molar-refractivity contribution in [3.8, 4) is 5.75 Å². The van der Waals surface area contributed by atoms with E-state index in [4.69, 9.17) is 16.3 Å². The van der Waals surface area contributed by atoms with Crippen molar-refractivity contribution in [2.24, 2.45) is 0 Å². The van der Waals surface area contributed by atoms with Gasteiger partial charge in [-0.1, -0.05) is 11.6 Å². The number of halogens is 5. The molecule has 2 N–H and O–H groups in total. The van der Waals surface area contributed by atoms with E-state index >= 15 is 0 Å². The monoisotopic (exact) mass is 444 g/mol. The lowest BCUT2D eigenvalue weighted by atomic mass is 9.44. The predicted octanol–water partition coefficient (Wildman–Crippen LogP) is 3.36. The van der Waals surface area contributed by atoms with Crippen molar-refractivity contribution in [3.05, 3.63) is 52.8 Å². The molecule has 0 atom stereocenters. The average molecular weight is 445 g/mol. The number of hydrogen-bond acceptors (Lipinski definition) is 5. The van der Waals surface area contributed by atoms with E-state index in [1.807, 2.05) is 0 Å². The van der Waals surface area contributed by atoms with E-state index in [0.717, 1.165) is 12.4 Å². The molecule has 0 spiro atoms. The quantitative estimate of drug-likeness (QED) is 0.506. The van der Waals surface area contributed by atoms with Gasteiger partial charge in [-0.25, -0.2) is 14.4 Å². The zero-order valence-corrected chi connectivity index (χ0v) is 16.3. The van der Waals surface area contributed by atoms with E-state index in [9.17, 15) is 22.4 Å². The normalized spacial score (nSPS) is 24.6. The van der Waals surface area contributed by atoms with Crippen LogP contribution in [-0.4, -0.2) is 40.1 Å². The molecular formula is C19H17ClF4N4O2. The number of aromatic nitrogens is 2. The molecule has 3 aliphatic carbocycles. The van der Waals surface area contributed by atoms with E-state index < -0.39 is 23.7 Å². The van der Waals surface area contributed by atoms with Crippen LogP contribution in [0.1, 0.15) is 35.4 Å². The molecule has 1 aromatic heterocycles. The van der Waals surface area contributed by atoms with Crippen molar-refractivity contribution in [3.63, 3.8) is 0 Å². The fourth-order valence-corrected chi connectivity index (χ4v) is 4.18. The van der Waals surface area contributed by atoms with Crippen LogP contribution in [0.3, 0.4) is 0 Å². The minimum atomic E-state index is -4.65. The lowest BCUT2D eigenvalue weighted by Gasteiger charge is -2.70. The molecule has 2 aromatic rings. The molecule has 5 rings (SSSR count). The van der Waals surface area contributed by atoms with Crippen molar-refractivity contribution in [1.82, 2.24) is 20.6 Å². The van der Waals surface area contributed by atoms with Gasteiger partial charge in [-0.3, -0.25) is 4.79 Å². The Bertz CT molecular complexity index is 948. The summed E-state index contributed by atoms with van der Waals surface area (Å²) < 4.78 is 56.3. The first kappa shape index (κ1) is 20.8.